The fourth-order valence-corrected chi connectivity index (χ4v) is 2.75. The number of halogens is 1. The molecular formula is C16H20ClNO. The first-order valence-corrected chi connectivity index (χ1v) is 7.18. The summed E-state index contributed by atoms with van der Waals surface area (Å²) in [6.07, 6.45) is 5.32. The quantitative estimate of drug-likeness (QED) is 0.762. The summed E-state index contributed by atoms with van der Waals surface area (Å²) in [6, 6.07) is 8.46. The predicted molar refractivity (Wildman–Crippen MR) is 79.3 cm³/mol. The second-order valence-electron chi connectivity index (χ2n) is 5.11. The molecule has 0 atom stereocenters. The van der Waals surface area contributed by atoms with E-state index in [-0.39, 0.29) is 0 Å². The third-order valence-corrected chi connectivity index (χ3v) is 3.94. The van der Waals surface area contributed by atoms with E-state index in [0.717, 1.165) is 43.8 Å². The van der Waals surface area contributed by atoms with Crippen LogP contribution in [0.1, 0.15) is 31.2 Å². The minimum Gasteiger partial charge on any atom is -0.300 e. The smallest absolute Gasteiger partial charge is 0.133 e. The van der Waals surface area contributed by atoms with Crippen LogP contribution in [0.2, 0.25) is 5.02 Å². The van der Waals surface area contributed by atoms with Gasteiger partial charge >= 0.3 is 0 Å². The van der Waals surface area contributed by atoms with Gasteiger partial charge in [0.1, 0.15) is 5.78 Å². The van der Waals surface area contributed by atoms with Crippen LogP contribution in [0.15, 0.2) is 36.9 Å². The molecule has 0 aromatic heterocycles. The molecule has 1 aliphatic rings. The van der Waals surface area contributed by atoms with E-state index in [0.29, 0.717) is 11.8 Å². The minimum absolute atomic E-state index is 0.404. The molecule has 0 bridgehead atoms. The van der Waals surface area contributed by atoms with Gasteiger partial charge in [-0.3, -0.25) is 9.69 Å². The van der Waals surface area contributed by atoms with Gasteiger partial charge in [0.05, 0.1) is 0 Å². The van der Waals surface area contributed by atoms with Gasteiger partial charge in [0, 0.05) is 37.0 Å². The van der Waals surface area contributed by atoms with Gasteiger partial charge in [0.25, 0.3) is 0 Å². The summed E-state index contributed by atoms with van der Waals surface area (Å²) in [4.78, 5) is 13.7. The highest BCUT2D eigenvalue weighted by atomic mass is 35.5. The van der Waals surface area contributed by atoms with Crippen molar-refractivity contribution in [1.29, 1.82) is 0 Å². The molecule has 19 heavy (non-hydrogen) atoms. The van der Waals surface area contributed by atoms with Crippen LogP contribution < -0.4 is 0 Å². The van der Waals surface area contributed by atoms with E-state index in [9.17, 15) is 4.79 Å². The van der Waals surface area contributed by atoms with E-state index in [1.807, 2.05) is 18.2 Å². The second kappa shape index (κ2) is 6.88. The number of benzene rings is 1. The normalized spacial score (nSPS) is 16.8. The van der Waals surface area contributed by atoms with Crippen molar-refractivity contribution in [3.05, 3.63) is 47.5 Å². The molecule has 0 N–H and O–H groups in total. The Hall–Kier alpha value is -1.12. The molecule has 0 unspecified atom stereocenters. The van der Waals surface area contributed by atoms with E-state index in [2.05, 4.69) is 23.6 Å². The van der Waals surface area contributed by atoms with Gasteiger partial charge in [0.2, 0.25) is 0 Å². The molecule has 0 spiro atoms. The molecule has 0 heterocycles. The standard InChI is InChI=1S/C16H20ClNO/c1-2-11-18(15-7-9-16(19)10-8-15)12-13-3-5-14(17)6-4-13/h2-6,15H,1,7-12H2. The van der Waals surface area contributed by atoms with Crippen LogP contribution in [0.25, 0.3) is 0 Å². The Balaban J connectivity index is 2.01. The maximum absolute atomic E-state index is 11.3. The van der Waals surface area contributed by atoms with E-state index in [1.54, 1.807) is 0 Å². The van der Waals surface area contributed by atoms with Crippen LogP contribution in [0.4, 0.5) is 0 Å². The van der Waals surface area contributed by atoms with E-state index >= 15 is 0 Å². The first kappa shape index (κ1) is 14.3. The van der Waals surface area contributed by atoms with Crippen LogP contribution in [-0.2, 0) is 11.3 Å². The van der Waals surface area contributed by atoms with Crippen LogP contribution in [-0.4, -0.2) is 23.3 Å². The first-order chi connectivity index (χ1) is 9.19. The van der Waals surface area contributed by atoms with Crippen molar-refractivity contribution >= 4 is 17.4 Å². The number of rotatable bonds is 5. The summed E-state index contributed by atoms with van der Waals surface area (Å²) in [5.41, 5.74) is 1.25. The zero-order valence-corrected chi connectivity index (χ0v) is 11.9. The lowest BCUT2D eigenvalue weighted by molar-refractivity contribution is -0.121. The molecule has 2 nitrogen and oxygen atoms in total. The van der Waals surface area contributed by atoms with Gasteiger partial charge in [-0.25, -0.2) is 0 Å². The van der Waals surface area contributed by atoms with E-state index in [1.165, 1.54) is 5.56 Å². The van der Waals surface area contributed by atoms with Crippen LogP contribution in [0.5, 0.6) is 0 Å². The van der Waals surface area contributed by atoms with Gasteiger partial charge in [-0.15, -0.1) is 6.58 Å². The van der Waals surface area contributed by atoms with Crippen LogP contribution in [0.3, 0.4) is 0 Å². The maximum atomic E-state index is 11.3. The Bertz CT molecular complexity index is 431. The summed E-state index contributed by atoms with van der Waals surface area (Å²) < 4.78 is 0. The van der Waals surface area contributed by atoms with Crippen molar-refractivity contribution in [2.75, 3.05) is 6.54 Å². The third kappa shape index (κ3) is 4.19. The molecule has 1 fully saturated rings. The molecule has 1 aromatic carbocycles. The van der Waals surface area contributed by atoms with Gasteiger partial charge in [-0.1, -0.05) is 29.8 Å². The zero-order valence-electron chi connectivity index (χ0n) is 11.1. The number of Topliss-reactive ketones (excluding diaryl/α,β-unsaturated/α-hetero) is 1. The summed E-state index contributed by atoms with van der Waals surface area (Å²) in [6.45, 7) is 5.59. The first-order valence-electron chi connectivity index (χ1n) is 6.80. The molecule has 0 aliphatic heterocycles. The number of hydrogen-bond acceptors (Lipinski definition) is 2. The summed E-state index contributed by atoms with van der Waals surface area (Å²) in [5.74, 6) is 0.404. The summed E-state index contributed by atoms with van der Waals surface area (Å²) in [5, 5.41) is 0.766. The average molecular weight is 278 g/mol. The molecule has 2 rings (SSSR count). The van der Waals surface area contributed by atoms with Crippen LogP contribution >= 0.6 is 11.6 Å². The third-order valence-electron chi connectivity index (χ3n) is 3.69. The van der Waals surface area contributed by atoms with Gasteiger partial charge in [-0.05, 0) is 30.5 Å². The van der Waals surface area contributed by atoms with Gasteiger partial charge < -0.3 is 0 Å². The monoisotopic (exact) mass is 277 g/mol. The average Bonchev–Trinajstić information content (AvgIpc) is 2.42. The predicted octanol–water partition coefficient (Wildman–Crippen LogP) is 3.84. The molecule has 1 aliphatic carbocycles. The maximum Gasteiger partial charge on any atom is 0.133 e. The SMILES string of the molecule is C=CCN(Cc1ccc(Cl)cc1)C1CCC(=O)CC1. The van der Waals surface area contributed by atoms with Crippen molar-refractivity contribution in [3.8, 4) is 0 Å². The number of nitrogens with zero attached hydrogens (tertiary/aromatic N) is 1. The number of carbonyl (C=O) groups excluding carboxylic acids is 1. The molecule has 1 saturated carbocycles. The second-order valence-corrected chi connectivity index (χ2v) is 5.55. The Morgan fingerprint density at radius 2 is 1.89 bits per heavy atom. The number of ketones is 1. The number of hydrogen-bond donors (Lipinski definition) is 0. The van der Waals surface area contributed by atoms with Crippen molar-refractivity contribution in [2.24, 2.45) is 0 Å². The minimum atomic E-state index is 0.404. The topological polar surface area (TPSA) is 20.3 Å². The van der Waals surface area contributed by atoms with E-state index < -0.39 is 0 Å². The lowest BCUT2D eigenvalue weighted by atomic mass is 9.93. The zero-order chi connectivity index (χ0) is 13.7. The van der Waals surface area contributed by atoms with Crippen molar-refractivity contribution in [3.63, 3.8) is 0 Å². The van der Waals surface area contributed by atoms with Crippen LogP contribution in [0, 0.1) is 0 Å². The Morgan fingerprint density at radius 1 is 1.26 bits per heavy atom. The Labute approximate surface area is 120 Å². The summed E-state index contributed by atoms with van der Waals surface area (Å²) in [7, 11) is 0. The highest BCUT2D eigenvalue weighted by Gasteiger charge is 2.23. The fourth-order valence-electron chi connectivity index (χ4n) is 2.62. The van der Waals surface area contributed by atoms with Crippen molar-refractivity contribution < 1.29 is 4.79 Å². The van der Waals surface area contributed by atoms with E-state index in [4.69, 9.17) is 11.6 Å². The number of carbonyl (C=O) groups is 1. The highest BCUT2D eigenvalue weighted by Crippen LogP contribution is 2.22. The molecule has 0 saturated heterocycles. The molecule has 0 radical (unpaired) electrons. The Kier molecular flexibility index (Phi) is 5.17. The van der Waals surface area contributed by atoms with Gasteiger partial charge in [0.15, 0.2) is 0 Å². The molecule has 3 heteroatoms. The molecule has 1 aromatic rings. The van der Waals surface area contributed by atoms with Crippen molar-refractivity contribution in [2.45, 2.75) is 38.3 Å². The van der Waals surface area contributed by atoms with Gasteiger partial charge in [-0.2, -0.15) is 0 Å². The highest BCUT2D eigenvalue weighted by molar-refractivity contribution is 6.30. The fraction of sp³-hybridized carbons (Fsp3) is 0.438. The largest absolute Gasteiger partial charge is 0.300 e. The summed E-state index contributed by atoms with van der Waals surface area (Å²) >= 11 is 5.91. The molecular weight excluding hydrogens is 258 g/mol. The lowest BCUT2D eigenvalue weighted by Gasteiger charge is -2.33. The lowest BCUT2D eigenvalue weighted by Crippen LogP contribution is -2.37. The van der Waals surface area contributed by atoms with Crippen molar-refractivity contribution in [1.82, 2.24) is 4.90 Å². The molecule has 0 amide bonds. The Morgan fingerprint density at radius 3 is 2.47 bits per heavy atom. The molecule has 102 valence electrons.